The van der Waals surface area contributed by atoms with Gasteiger partial charge in [-0.25, -0.2) is 0 Å². The Kier molecular flexibility index (Phi) is 4.03. The van der Waals surface area contributed by atoms with Crippen LogP contribution in [0.3, 0.4) is 0 Å². The van der Waals surface area contributed by atoms with E-state index in [1.54, 1.807) is 6.26 Å². The third-order valence-corrected chi connectivity index (χ3v) is 4.13. The van der Waals surface area contributed by atoms with Crippen molar-refractivity contribution < 1.29 is 9.21 Å². The highest BCUT2D eigenvalue weighted by Crippen LogP contribution is 2.25. The van der Waals surface area contributed by atoms with Crippen molar-refractivity contribution in [2.24, 2.45) is 0 Å². The average molecular weight is 358 g/mol. The predicted octanol–water partition coefficient (Wildman–Crippen LogP) is 4.99. The lowest BCUT2D eigenvalue weighted by Gasteiger charge is -2.09. The molecule has 0 aliphatic heterocycles. The highest BCUT2D eigenvalue weighted by atomic mass is 79.9. The molecule has 3 aromatic rings. The van der Waals surface area contributed by atoms with Gasteiger partial charge in [-0.1, -0.05) is 28.1 Å². The highest BCUT2D eigenvalue weighted by Gasteiger charge is 2.12. The van der Waals surface area contributed by atoms with E-state index in [-0.39, 0.29) is 12.3 Å². The first-order valence-corrected chi connectivity index (χ1v) is 7.85. The van der Waals surface area contributed by atoms with Crippen LogP contribution in [0.15, 0.2) is 51.6 Å². The number of amides is 1. The summed E-state index contributed by atoms with van der Waals surface area (Å²) in [6, 6.07) is 11.8. The number of hydrogen-bond acceptors (Lipinski definition) is 2. The lowest BCUT2D eigenvalue weighted by atomic mass is 10.1. The number of hydrogen-bond donors (Lipinski definition) is 1. The van der Waals surface area contributed by atoms with Crippen LogP contribution < -0.4 is 5.32 Å². The Morgan fingerprint density at radius 1 is 1.18 bits per heavy atom. The van der Waals surface area contributed by atoms with Crippen molar-refractivity contribution in [3.05, 3.63) is 63.8 Å². The Hall–Kier alpha value is -2.07. The van der Waals surface area contributed by atoms with Gasteiger partial charge in [-0.3, -0.25) is 4.79 Å². The normalized spacial score (nSPS) is 10.9. The Morgan fingerprint density at radius 2 is 2.00 bits per heavy atom. The Bertz CT molecular complexity index is 851. The quantitative estimate of drug-likeness (QED) is 0.716. The molecular weight excluding hydrogens is 342 g/mol. The van der Waals surface area contributed by atoms with Gasteiger partial charge in [-0.15, -0.1) is 0 Å². The molecule has 0 atom stereocenters. The van der Waals surface area contributed by atoms with Crippen LogP contribution in [-0.2, 0) is 11.2 Å². The van der Waals surface area contributed by atoms with E-state index < -0.39 is 0 Å². The topological polar surface area (TPSA) is 42.2 Å². The van der Waals surface area contributed by atoms with E-state index in [4.69, 9.17) is 4.42 Å². The number of fused-ring (bicyclic) bond motifs is 1. The Balaban J connectivity index is 1.81. The van der Waals surface area contributed by atoms with Crippen LogP contribution in [0.4, 0.5) is 5.69 Å². The molecule has 1 heterocycles. The third-order valence-electron chi connectivity index (χ3n) is 3.63. The lowest BCUT2D eigenvalue weighted by molar-refractivity contribution is -0.115. The number of anilines is 1. The summed E-state index contributed by atoms with van der Waals surface area (Å²) in [6.45, 7) is 4.00. The second-order valence-corrected chi connectivity index (χ2v) is 6.36. The molecule has 2 aromatic carbocycles. The molecule has 1 aromatic heterocycles. The SMILES string of the molecule is Cc1ccc(C)c(NC(=O)Cc2coc3ccc(Br)cc23)c1. The number of carbonyl (C=O) groups excluding carboxylic acids is 1. The second-order valence-electron chi connectivity index (χ2n) is 5.44. The van der Waals surface area contributed by atoms with Gasteiger partial charge in [-0.05, 0) is 49.2 Å². The zero-order valence-electron chi connectivity index (χ0n) is 12.4. The molecule has 0 saturated heterocycles. The molecule has 0 fully saturated rings. The van der Waals surface area contributed by atoms with Crippen molar-refractivity contribution in [2.45, 2.75) is 20.3 Å². The summed E-state index contributed by atoms with van der Waals surface area (Å²) in [6.07, 6.45) is 1.94. The fourth-order valence-corrected chi connectivity index (χ4v) is 2.79. The number of carbonyl (C=O) groups is 1. The van der Waals surface area contributed by atoms with Gasteiger partial charge in [0.1, 0.15) is 5.58 Å². The van der Waals surface area contributed by atoms with Crippen molar-refractivity contribution in [3.8, 4) is 0 Å². The van der Waals surface area contributed by atoms with Crippen LogP contribution in [0.5, 0.6) is 0 Å². The fraction of sp³-hybridized carbons (Fsp3) is 0.167. The van der Waals surface area contributed by atoms with E-state index in [0.717, 1.165) is 37.8 Å². The molecule has 0 saturated carbocycles. The van der Waals surface area contributed by atoms with Crippen molar-refractivity contribution in [2.75, 3.05) is 5.32 Å². The number of nitrogens with one attached hydrogen (secondary N) is 1. The van der Waals surface area contributed by atoms with Gasteiger partial charge in [0.2, 0.25) is 5.91 Å². The van der Waals surface area contributed by atoms with E-state index >= 15 is 0 Å². The van der Waals surface area contributed by atoms with Crippen molar-refractivity contribution in [1.29, 1.82) is 0 Å². The predicted molar refractivity (Wildman–Crippen MR) is 92.2 cm³/mol. The van der Waals surface area contributed by atoms with Gasteiger partial charge in [0.15, 0.2) is 0 Å². The molecule has 0 aliphatic carbocycles. The molecule has 4 heteroatoms. The average Bonchev–Trinajstić information content (AvgIpc) is 2.85. The molecule has 1 amide bonds. The number of rotatable bonds is 3. The standard InChI is InChI=1S/C18H16BrNO2/c1-11-3-4-12(2)16(7-11)20-18(21)8-13-10-22-17-6-5-14(19)9-15(13)17/h3-7,9-10H,8H2,1-2H3,(H,20,21). The fourth-order valence-electron chi connectivity index (χ4n) is 2.43. The first kappa shape index (κ1) is 14.9. The zero-order chi connectivity index (χ0) is 15.7. The van der Waals surface area contributed by atoms with E-state index in [1.165, 1.54) is 0 Å². The zero-order valence-corrected chi connectivity index (χ0v) is 14.0. The molecular formula is C18H16BrNO2. The van der Waals surface area contributed by atoms with Gasteiger partial charge in [0.25, 0.3) is 0 Å². The van der Waals surface area contributed by atoms with Gasteiger partial charge in [0.05, 0.1) is 12.7 Å². The van der Waals surface area contributed by atoms with E-state index in [9.17, 15) is 4.79 Å². The molecule has 22 heavy (non-hydrogen) atoms. The van der Waals surface area contributed by atoms with Crippen LogP contribution in [0.1, 0.15) is 16.7 Å². The maximum absolute atomic E-state index is 12.3. The summed E-state index contributed by atoms with van der Waals surface area (Å²) in [5.41, 5.74) is 4.72. The summed E-state index contributed by atoms with van der Waals surface area (Å²) in [4.78, 5) is 12.3. The first-order valence-electron chi connectivity index (χ1n) is 7.05. The van der Waals surface area contributed by atoms with Crippen LogP contribution in [0.25, 0.3) is 11.0 Å². The Labute approximate surface area is 137 Å². The largest absolute Gasteiger partial charge is 0.464 e. The minimum Gasteiger partial charge on any atom is -0.464 e. The van der Waals surface area contributed by atoms with Crippen LogP contribution in [0.2, 0.25) is 0 Å². The number of halogens is 1. The van der Waals surface area contributed by atoms with Gasteiger partial charge < -0.3 is 9.73 Å². The van der Waals surface area contributed by atoms with Gasteiger partial charge >= 0.3 is 0 Å². The van der Waals surface area contributed by atoms with Crippen LogP contribution in [0, 0.1) is 13.8 Å². The Morgan fingerprint density at radius 3 is 2.82 bits per heavy atom. The summed E-state index contributed by atoms with van der Waals surface area (Å²) >= 11 is 3.45. The molecule has 3 nitrogen and oxygen atoms in total. The maximum Gasteiger partial charge on any atom is 0.228 e. The number of benzene rings is 2. The van der Waals surface area contributed by atoms with Gasteiger partial charge in [-0.2, -0.15) is 0 Å². The van der Waals surface area contributed by atoms with Gasteiger partial charge in [0, 0.05) is 21.1 Å². The third kappa shape index (κ3) is 3.07. The maximum atomic E-state index is 12.3. The summed E-state index contributed by atoms with van der Waals surface area (Å²) in [5.74, 6) is -0.0450. The molecule has 0 spiro atoms. The van der Waals surface area contributed by atoms with Crippen molar-refractivity contribution in [1.82, 2.24) is 0 Å². The number of furan rings is 1. The highest BCUT2D eigenvalue weighted by molar-refractivity contribution is 9.10. The summed E-state index contributed by atoms with van der Waals surface area (Å²) in [7, 11) is 0. The summed E-state index contributed by atoms with van der Waals surface area (Å²) < 4.78 is 6.47. The minimum absolute atomic E-state index is 0.0450. The number of aryl methyl sites for hydroxylation is 2. The smallest absolute Gasteiger partial charge is 0.228 e. The first-order chi connectivity index (χ1) is 10.5. The van der Waals surface area contributed by atoms with E-state index in [0.29, 0.717) is 0 Å². The van der Waals surface area contributed by atoms with Crippen LogP contribution in [-0.4, -0.2) is 5.91 Å². The van der Waals surface area contributed by atoms with Crippen LogP contribution >= 0.6 is 15.9 Å². The summed E-state index contributed by atoms with van der Waals surface area (Å²) in [5, 5.41) is 3.94. The van der Waals surface area contributed by atoms with E-state index in [2.05, 4.69) is 21.2 Å². The van der Waals surface area contributed by atoms with E-state index in [1.807, 2.05) is 50.2 Å². The second kappa shape index (κ2) is 5.97. The lowest BCUT2D eigenvalue weighted by Crippen LogP contribution is -2.15. The molecule has 0 unspecified atom stereocenters. The molecule has 0 aliphatic rings. The molecule has 0 radical (unpaired) electrons. The molecule has 0 bridgehead atoms. The van der Waals surface area contributed by atoms with Crippen molar-refractivity contribution in [3.63, 3.8) is 0 Å². The molecule has 1 N–H and O–H groups in total. The minimum atomic E-state index is -0.0450. The monoisotopic (exact) mass is 357 g/mol. The van der Waals surface area contributed by atoms with Crippen molar-refractivity contribution >= 4 is 38.5 Å². The molecule has 112 valence electrons. The molecule has 3 rings (SSSR count).